The highest BCUT2D eigenvalue weighted by Crippen LogP contribution is 2.24. The van der Waals surface area contributed by atoms with Crippen LogP contribution >= 0.6 is 0 Å². The molecule has 0 aliphatic rings. The highest BCUT2D eigenvalue weighted by atomic mass is 16.5. The smallest absolute Gasteiger partial charge is 0.330 e. The predicted octanol–water partition coefficient (Wildman–Crippen LogP) is 8.67. The Kier molecular flexibility index (Phi) is 18.1. The molecule has 0 saturated heterocycles. The van der Waals surface area contributed by atoms with Gasteiger partial charge in [-0.05, 0) is 146 Å². The maximum absolute atomic E-state index is 12.6. The highest BCUT2D eigenvalue weighted by molar-refractivity contribution is 6.43. The second-order valence-electron chi connectivity index (χ2n) is 12.8. The number of esters is 2. The van der Waals surface area contributed by atoms with Crippen LogP contribution in [0, 0.1) is 0 Å². The summed E-state index contributed by atoms with van der Waals surface area (Å²) in [5.41, 5.74) is 6.17. The van der Waals surface area contributed by atoms with Crippen molar-refractivity contribution in [1.82, 2.24) is 0 Å². The number of anilines is 2. The van der Waals surface area contributed by atoms with Gasteiger partial charge in [-0.2, -0.15) is 0 Å². The molecule has 4 aromatic rings. The normalized spacial score (nSPS) is 10.9. The zero-order valence-corrected chi connectivity index (χ0v) is 33.0. The molecule has 302 valence electrons. The quantitative estimate of drug-likeness (QED) is 0.0264. The number of rotatable bonds is 22. The summed E-state index contributed by atoms with van der Waals surface area (Å²) in [6.07, 6.45) is 10.3. The van der Waals surface area contributed by atoms with Crippen LogP contribution in [0.5, 0.6) is 11.5 Å². The number of ether oxygens (including phenoxy) is 4. The highest BCUT2D eigenvalue weighted by Gasteiger charge is 2.14. The van der Waals surface area contributed by atoms with E-state index in [1.54, 1.807) is 61.0 Å². The first-order valence-electron chi connectivity index (χ1n) is 19.2. The maximum atomic E-state index is 12.6. The van der Waals surface area contributed by atoms with Gasteiger partial charge >= 0.3 is 23.8 Å². The van der Waals surface area contributed by atoms with Crippen LogP contribution in [0.4, 0.5) is 22.7 Å². The molecule has 0 radical (unpaired) electrons. The van der Waals surface area contributed by atoms with E-state index < -0.39 is 23.8 Å². The van der Waals surface area contributed by atoms with Crippen molar-refractivity contribution in [2.24, 2.45) is 9.98 Å². The van der Waals surface area contributed by atoms with E-state index in [2.05, 4.69) is 47.6 Å². The fourth-order valence-corrected chi connectivity index (χ4v) is 5.36. The number of nitrogens with zero attached hydrogens (tertiary/aromatic N) is 2. The third-order valence-corrected chi connectivity index (χ3v) is 8.53. The molecule has 12 heteroatoms. The number of carbonyl (C=O) groups excluding carboxylic acids is 4. The van der Waals surface area contributed by atoms with Crippen LogP contribution in [0.15, 0.2) is 120 Å². The van der Waals surface area contributed by atoms with Gasteiger partial charge in [-0.3, -0.25) is 19.6 Å². The van der Waals surface area contributed by atoms with Gasteiger partial charge in [0.2, 0.25) is 0 Å². The molecule has 12 nitrogen and oxygen atoms in total. The van der Waals surface area contributed by atoms with Crippen LogP contribution < -0.4 is 20.1 Å². The molecular formula is C46H50N4O8. The number of benzene rings is 4. The molecule has 2 N–H and O–H groups in total. The first-order chi connectivity index (χ1) is 28.2. The van der Waals surface area contributed by atoms with Crippen LogP contribution in [-0.4, -0.2) is 62.6 Å². The average molecular weight is 787 g/mol. The Morgan fingerprint density at radius 3 is 1.29 bits per heavy atom. The third kappa shape index (κ3) is 15.0. The summed E-state index contributed by atoms with van der Waals surface area (Å²) in [7, 11) is 0. The third-order valence-electron chi connectivity index (χ3n) is 8.53. The molecule has 0 fully saturated rings. The number of amides is 2. The topological polar surface area (TPSA) is 154 Å². The SMILES string of the molecule is C=CC(=O)OCCCCOc1ccc(C=Nc2ccc(NC(=O)C(=O)Nc3ccc(N=Cc4ccc(OCCCCOC(=O)C=C)c(CC)c4)cc3)cc2)cc1CC. The first kappa shape index (κ1) is 43.9. The monoisotopic (exact) mass is 786 g/mol. The molecule has 0 saturated carbocycles. The number of aryl methyl sites for hydroxylation is 2. The minimum absolute atomic E-state index is 0.333. The van der Waals surface area contributed by atoms with Crippen LogP contribution in [0.2, 0.25) is 0 Å². The minimum atomic E-state index is -0.808. The van der Waals surface area contributed by atoms with Crippen molar-refractivity contribution in [3.63, 3.8) is 0 Å². The molecule has 4 rings (SSSR count). The summed E-state index contributed by atoms with van der Waals surface area (Å²) >= 11 is 0. The molecule has 0 atom stereocenters. The molecule has 0 unspecified atom stereocenters. The Bertz CT molecular complexity index is 1930. The van der Waals surface area contributed by atoms with Crippen LogP contribution in [0.1, 0.15) is 61.8 Å². The van der Waals surface area contributed by atoms with Crippen LogP contribution in [0.25, 0.3) is 0 Å². The first-order valence-corrected chi connectivity index (χ1v) is 19.2. The molecule has 0 aromatic heterocycles. The van der Waals surface area contributed by atoms with E-state index in [0.717, 1.165) is 71.6 Å². The minimum Gasteiger partial charge on any atom is -0.493 e. The van der Waals surface area contributed by atoms with Gasteiger partial charge in [0.05, 0.1) is 37.8 Å². The summed E-state index contributed by atoms with van der Waals surface area (Å²) in [6.45, 7) is 12.6. The van der Waals surface area contributed by atoms with Gasteiger partial charge in [0.25, 0.3) is 0 Å². The average Bonchev–Trinajstić information content (AvgIpc) is 3.25. The number of aliphatic imine (C=N–C) groups is 2. The summed E-state index contributed by atoms with van der Waals surface area (Å²) in [6, 6.07) is 25.4. The lowest BCUT2D eigenvalue weighted by molar-refractivity contribution is -0.138. The largest absolute Gasteiger partial charge is 0.493 e. The molecule has 0 aliphatic heterocycles. The Hall–Kier alpha value is -6.82. The van der Waals surface area contributed by atoms with Gasteiger partial charge in [-0.25, -0.2) is 9.59 Å². The second-order valence-corrected chi connectivity index (χ2v) is 12.8. The molecular weight excluding hydrogens is 737 g/mol. The fourth-order valence-electron chi connectivity index (χ4n) is 5.36. The van der Waals surface area contributed by atoms with E-state index >= 15 is 0 Å². The summed E-state index contributed by atoms with van der Waals surface area (Å²) < 4.78 is 21.9. The van der Waals surface area contributed by atoms with Gasteiger partial charge in [0, 0.05) is 36.0 Å². The van der Waals surface area contributed by atoms with Crippen LogP contribution in [-0.2, 0) is 41.5 Å². The lowest BCUT2D eigenvalue weighted by Gasteiger charge is -2.11. The van der Waals surface area contributed by atoms with Crippen molar-refractivity contribution >= 4 is 58.9 Å². The Morgan fingerprint density at radius 2 is 0.931 bits per heavy atom. The van der Waals surface area contributed by atoms with E-state index in [-0.39, 0.29) is 0 Å². The molecule has 0 heterocycles. The Labute approximate surface area is 339 Å². The van der Waals surface area contributed by atoms with Crippen LogP contribution in [0.3, 0.4) is 0 Å². The van der Waals surface area contributed by atoms with Gasteiger partial charge < -0.3 is 29.6 Å². The van der Waals surface area contributed by atoms with E-state index in [0.29, 0.717) is 62.0 Å². The Balaban J connectivity index is 1.20. The summed E-state index contributed by atoms with van der Waals surface area (Å²) in [5.74, 6) is -0.852. The lowest BCUT2D eigenvalue weighted by atomic mass is 10.1. The van der Waals surface area contributed by atoms with Gasteiger partial charge in [-0.15, -0.1) is 0 Å². The zero-order valence-electron chi connectivity index (χ0n) is 33.0. The molecule has 4 aromatic carbocycles. The molecule has 0 aliphatic carbocycles. The number of nitrogens with one attached hydrogen (secondary N) is 2. The second kappa shape index (κ2) is 24.0. The molecule has 58 heavy (non-hydrogen) atoms. The van der Waals surface area contributed by atoms with Crippen molar-refractivity contribution in [2.75, 3.05) is 37.1 Å². The maximum Gasteiger partial charge on any atom is 0.330 e. The van der Waals surface area contributed by atoms with Gasteiger partial charge in [0.15, 0.2) is 0 Å². The van der Waals surface area contributed by atoms with Crippen molar-refractivity contribution in [1.29, 1.82) is 0 Å². The molecule has 0 bridgehead atoms. The van der Waals surface area contributed by atoms with Gasteiger partial charge in [0.1, 0.15) is 11.5 Å². The zero-order chi connectivity index (χ0) is 41.5. The lowest BCUT2D eigenvalue weighted by Crippen LogP contribution is -2.28. The van der Waals surface area contributed by atoms with E-state index in [9.17, 15) is 19.2 Å². The molecule has 2 amide bonds. The van der Waals surface area contributed by atoms with Gasteiger partial charge in [-0.1, -0.05) is 27.0 Å². The number of hydrogen-bond donors (Lipinski definition) is 2. The standard InChI is InChI=1S/C46H50N4O8/c1-5-35-29-33(13-23-41(35)55-25-9-11-27-57-43(51)7-3)31-47-37-15-19-39(20-16-37)49-45(53)46(54)50-40-21-17-38(18-22-40)48-32-34-14-24-42(36(6-2)30-34)56-26-10-12-28-58-44(52)8-4/h7-8,13-24,29-32H,3-6,9-12,25-28H2,1-2H3,(H,49,53)(H,50,54). The number of carbonyl (C=O) groups is 4. The predicted molar refractivity (Wildman–Crippen MR) is 228 cm³/mol. The molecule has 0 spiro atoms. The Morgan fingerprint density at radius 1 is 0.552 bits per heavy atom. The van der Waals surface area contributed by atoms with Crippen molar-refractivity contribution in [3.05, 3.63) is 132 Å². The van der Waals surface area contributed by atoms with E-state index in [1.807, 2.05) is 36.4 Å². The van der Waals surface area contributed by atoms with E-state index in [4.69, 9.17) is 18.9 Å². The van der Waals surface area contributed by atoms with Crippen molar-refractivity contribution in [2.45, 2.75) is 52.4 Å². The van der Waals surface area contributed by atoms with Crippen molar-refractivity contribution < 1.29 is 38.1 Å². The summed E-state index contributed by atoms with van der Waals surface area (Å²) in [5, 5.41) is 5.23. The number of hydrogen-bond acceptors (Lipinski definition) is 10. The fraction of sp³-hybridized carbons (Fsp3) is 0.261. The van der Waals surface area contributed by atoms with Crippen molar-refractivity contribution in [3.8, 4) is 11.5 Å². The number of unbranched alkanes of at least 4 members (excludes halogenated alkanes) is 2. The summed E-state index contributed by atoms with van der Waals surface area (Å²) in [4.78, 5) is 56.7. The van der Waals surface area contributed by atoms with E-state index in [1.165, 1.54) is 0 Å².